The van der Waals surface area contributed by atoms with Crippen LogP contribution >= 0.6 is 0 Å². The molecule has 0 radical (unpaired) electrons. The van der Waals surface area contributed by atoms with Gasteiger partial charge in [-0.25, -0.2) is 0 Å². The van der Waals surface area contributed by atoms with Gasteiger partial charge in [0.05, 0.1) is 6.54 Å². The molecule has 2 aromatic carbocycles. The van der Waals surface area contributed by atoms with Crippen LogP contribution in [-0.4, -0.2) is 24.4 Å². The van der Waals surface area contributed by atoms with Gasteiger partial charge in [0.25, 0.3) is 5.91 Å². The molecule has 1 aliphatic heterocycles. The zero-order valence-corrected chi connectivity index (χ0v) is 14.4. The highest BCUT2D eigenvalue weighted by atomic mass is 16.2. The molecule has 5 heteroatoms. The lowest BCUT2D eigenvalue weighted by Gasteiger charge is -2.22. The fourth-order valence-electron chi connectivity index (χ4n) is 3.07. The van der Waals surface area contributed by atoms with E-state index in [1.807, 2.05) is 41.7 Å². The molecule has 2 amide bonds. The van der Waals surface area contributed by atoms with Crippen LogP contribution in [0.2, 0.25) is 0 Å². The van der Waals surface area contributed by atoms with Crippen molar-refractivity contribution in [1.29, 1.82) is 0 Å². The molecule has 1 aliphatic rings. The maximum Gasteiger partial charge on any atom is 0.279 e. The Morgan fingerprint density at radius 3 is 2.52 bits per heavy atom. The first kappa shape index (κ1) is 17.2. The van der Waals surface area contributed by atoms with Crippen LogP contribution < -0.4 is 16.0 Å². The van der Waals surface area contributed by atoms with Crippen molar-refractivity contribution in [3.8, 4) is 0 Å². The van der Waals surface area contributed by atoms with Crippen LogP contribution in [0.5, 0.6) is 0 Å². The Bertz CT molecular complexity index is 756. The maximum atomic E-state index is 12.3. The van der Waals surface area contributed by atoms with E-state index in [0.29, 0.717) is 6.42 Å². The lowest BCUT2D eigenvalue weighted by molar-refractivity contribution is -0.695. The van der Waals surface area contributed by atoms with Crippen LogP contribution in [0.15, 0.2) is 48.5 Å². The average Bonchev–Trinajstić information content (AvgIpc) is 2.66. The summed E-state index contributed by atoms with van der Waals surface area (Å²) in [7, 11) is 0. The predicted molar refractivity (Wildman–Crippen MR) is 97.0 cm³/mol. The van der Waals surface area contributed by atoms with Crippen LogP contribution in [0.25, 0.3) is 0 Å². The molecule has 1 heterocycles. The molecule has 3 rings (SSSR count). The zero-order valence-electron chi connectivity index (χ0n) is 14.4. The van der Waals surface area contributed by atoms with Gasteiger partial charge in [-0.05, 0) is 29.7 Å². The van der Waals surface area contributed by atoms with Crippen LogP contribution in [0.1, 0.15) is 23.6 Å². The van der Waals surface area contributed by atoms with Crippen LogP contribution in [0.3, 0.4) is 0 Å². The summed E-state index contributed by atoms with van der Waals surface area (Å²) in [6, 6.07) is 15.7. The van der Waals surface area contributed by atoms with Gasteiger partial charge in [0, 0.05) is 17.7 Å². The Labute approximate surface area is 147 Å². The summed E-state index contributed by atoms with van der Waals surface area (Å²) in [5.74, 6) is -0.306. The van der Waals surface area contributed by atoms with E-state index in [2.05, 4.69) is 29.7 Å². The van der Waals surface area contributed by atoms with Crippen LogP contribution in [0.4, 0.5) is 5.69 Å². The summed E-state index contributed by atoms with van der Waals surface area (Å²) < 4.78 is 0. The molecule has 2 aromatic rings. The topological polar surface area (TPSA) is 74.8 Å². The second kappa shape index (κ2) is 7.94. The third-order valence-corrected chi connectivity index (χ3v) is 4.59. The predicted octanol–water partition coefficient (Wildman–Crippen LogP) is 0.992. The lowest BCUT2D eigenvalue weighted by atomic mass is 9.95. The molecule has 4 N–H and O–H groups in total. The van der Waals surface area contributed by atoms with Crippen molar-refractivity contribution in [2.75, 3.05) is 11.9 Å². The van der Waals surface area contributed by atoms with E-state index in [1.165, 1.54) is 16.7 Å². The van der Waals surface area contributed by atoms with Crippen molar-refractivity contribution in [3.63, 3.8) is 0 Å². The molecule has 0 unspecified atom stereocenters. The lowest BCUT2D eigenvalue weighted by Crippen LogP contribution is -2.93. The molecular weight excluding hydrogens is 314 g/mol. The number of anilines is 1. The Kier molecular flexibility index (Phi) is 5.46. The fourth-order valence-corrected chi connectivity index (χ4v) is 3.07. The molecule has 0 spiro atoms. The molecule has 0 fully saturated rings. The minimum absolute atomic E-state index is 0.0135. The fraction of sp³-hybridized carbons (Fsp3) is 0.300. The molecule has 0 aliphatic carbocycles. The molecule has 5 nitrogen and oxygen atoms in total. The highest BCUT2D eigenvalue weighted by molar-refractivity contribution is 5.95. The van der Waals surface area contributed by atoms with Gasteiger partial charge in [-0.2, -0.15) is 0 Å². The van der Waals surface area contributed by atoms with Crippen molar-refractivity contribution in [2.45, 2.75) is 32.4 Å². The smallest absolute Gasteiger partial charge is 0.279 e. The summed E-state index contributed by atoms with van der Waals surface area (Å²) in [6.07, 6.45) is 1.66. The minimum Gasteiger partial charge on any atom is -0.342 e. The van der Waals surface area contributed by atoms with Gasteiger partial charge >= 0.3 is 0 Å². The van der Waals surface area contributed by atoms with E-state index < -0.39 is 0 Å². The molecule has 25 heavy (non-hydrogen) atoms. The number of carbonyl (C=O) groups is 2. The Balaban J connectivity index is 1.48. The summed E-state index contributed by atoms with van der Waals surface area (Å²) in [5.41, 5.74) is 4.46. The van der Waals surface area contributed by atoms with E-state index in [4.69, 9.17) is 0 Å². The number of quaternary nitrogens is 1. The number of benzene rings is 2. The first-order chi connectivity index (χ1) is 12.2. The number of rotatable bonds is 5. The van der Waals surface area contributed by atoms with E-state index in [1.54, 1.807) is 0 Å². The van der Waals surface area contributed by atoms with E-state index in [-0.39, 0.29) is 24.4 Å². The van der Waals surface area contributed by atoms with Crippen molar-refractivity contribution in [1.82, 2.24) is 5.32 Å². The highest BCUT2D eigenvalue weighted by Crippen LogP contribution is 2.12. The summed E-state index contributed by atoms with van der Waals surface area (Å²) in [6.45, 7) is 2.87. The number of hydrogen-bond donors (Lipinski definition) is 3. The molecule has 130 valence electrons. The average molecular weight is 338 g/mol. The molecule has 0 saturated carbocycles. The third kappa shape index (κ3) is 4.45. The summed E-state index contributed by atoms with van der Waals surface area (Å²) >= 11 is 0. The second-order valence-corrected chi connectivity index (χ2v) is 6.34. The zero-order chi connectivity index (χ0) is 17.6. The second-order valence-electron chi connectivity index (χ2n) is 6.34. The first-order valence-corrected chi connectivity index (χ1v) is 8.72. The van der Waals surface area contributed by atoms with Gasteiger partial charge in [-0.1, -0.05) is 43.3 Å². The van der Waals surface area contributed by atoms with Crippen molar-refractivity contribution < 1.29 is 14.9 Å². The van der Waals surface area contributed by atoms with Gasteiger partial charge in [0.1, 0.15) is 6.54 Å². The minimum atomic E-state index is -0.214. The number of aryl methyl sites for hydroxylation is 1. The quantitative estimate of drug-likeness (QED) is 0.761. The Morgan fingerprint density at radius 1 is 1.08 bits per heavy atom. The number of fused-ring (bicyclic) bond motifs is 1. The molecule has 0 saturated heterocycles. The van der Waals surface area contributed by atoms with E-state index in [0.717, 1.165) is 18.7 Å². The van der Waals surface area contributed by atoms with Gasteiger partial charge < -0.3 is 16.0 Å². The normalized spacial score (nSPS) is 16.0. The first-order valence-electron chi connectivity index (χ1n) is 8.72. The maximum absolute atomic E-state index is 12.3. The SMILES string of the molecule is CCc1ccc(NC(=O)CNC(=O)[C@@H]2Cc3ccccc3C[NH2+]2)cc1. The number of carbonyl (C=O) groups excluding carboxylic acids is 2. The largest absolute Gasteiger partial charge is 0.342 e. The summed E-state index contributed by atoms with van der Waals surface area (Å²) in [5, 5.41) is 7.57. The van der Waals surface area contributed by atoms with Gasteiger partial charge in [0.2, 0.25) is 5.91 Å². The Morgan fingerprint density at radius 2 is 1.80 bits per heavy atom. The van der Waals surface area contributed by atoms with Gasteiger partial charge in [0.15, 0.2) is 6.04 Å². The Hall–Kier alpha value is -2.66. The molecule has 0 bridgehead atoms. The van der Waals surface area contributed by atoms with Crippen molar-refractivity contribution in [3.05, 3.63) is 65.2 Å². The van der Waals surface area contributed by atoms with Crippen LogP contribution in [0, 0.1) is 0 Å². The van der Waals surface area contributed by atoms with Gasteiger partial charge in [-0.3, -0.25) is 9.59 Å². The third-order valence-electron chi connectivity index (χ3n) is 4.59. The number of amides is 2. The van der Waals surface area contributed by atoms with E-state index in [9.17, 15) is 9.59 Å². The van der Waals surface area contributed by atoms with Crippen molar-refractivity contribution >= 4 is 17.5 Å². The van der Waals surface area contributed by atoms with Gasteiger partial charge in [-0.15, -0.1) is 0 Å². The molecule has 0 aromatic heterocycles. The molecule has 1 atom stereocenters. The highest BCUT2D eigenvalue weighted by Gasteiger charge is 2.27. The summed E-state index contributed by atoms with van der Waals surface area (Å²) in [4.78, 5) is 24.3. The number of nitrogens with two attached hydrogens (primary N) is 1. The monoisotopic (exact) mass is 338 g/mol. The molecular formula is C20H24N3O2+. The van der Waals surface area contributed by atoms with Crippen molar-refractivity contribution in [2.24, 2.45) is 0 Å². The standard InChI is InChI=1S/C20H23N3O2/c1-2-14-7-9-17(10-8-14)23-19(24)13-22-20(25)18-11-15-5-3-4-6-16(15)12-21-18/h3-10,18,21H,2,11-13H2,1H3,(H,22,25)(H,23,24)/p+1/t18-/m0/s1. The van der Waals surface area contributed by atoms with E-state index >= 15 is 0 Å². The number of nitrogens with one attached hydrogen (secondary N) is 2. The number of hydrogen-bond acceptors (Lipinski definition) is 2. The van der Waals surface area contributed by atoms with Crippen LogP contribution in [-0.2, 0) is 29.0 Å².